The number of alkyl halides is 3. The summed E-state index contributed by atoms with van der Waals surface area (Å²) in [5, 5.41) is 0. The molecule has 7 heteroatoms. The summed E-state index contributed by atoms with van der Waals surface area (Å²) in [6.07, 6.45) is -4.26. The van der Waals surface area contributed by atoms with Crippen LogP contribution in [0.4, 0.5) is 18.9 Å². The van der Waals surface area contributed by atoms with Gasteiger partial charge in [-0.25, -0.2) is 0 Å². The topological polar surface area (TPSA) is 29.3 Å². The highest BCUT2D eigenvalue weighted by Crippen LogP contribution is 2.31. The molecule has 0 unspecified atom stereocenters. The van der Waals surface area contributed by atoms with E-state index in [-0.39, 0.29) is 11.0 Å². The molecule has 0 atom stereocenters. The summed E-state index contributed by atoms with van der Waals surface area (Å²) >= 11 is 8.10. The molecule has 1 aromatic carbocycles. The molecule has 2 nitrogen and oxygen atoms in total. The Kier molecular flexibility index (Phi) is 5.20. The van der Waals surface area contributed by atoms with E-state index in [1.165, 1.54) is 4.90 Å². The summed E-state index contributed by atoms with van der Waals surface area (Å²) in [5.74, 6) is 0. The van der Waals surface area contributed by atoms with Crippen molar-refractivity contribution < 1.29 is 13.2 Å². The first kappa shape index (κ1) is 16.2. The van der Waals surface area contributed by atoms with Crippen molar-refractivity contribution in [2.24, 2.45) is 5.73 Å². The molecule has 0 saturated carbocycles. The lowest BCUT2D eigenvalue weighted by molar-refractivity contribution is -0.120. The van der Waals surface area contributed by atoms with Crippen molar-refractivity contribution in [3.63, 3.8) is 0 Å². The van der Waals surface area contributed by atoms with Gasteiger partial charge in [-0.1, -0.05) is 12.2 Å². The first-order valence-electron chi connectivity index (χ1n) is 5.54. The largest absolute Gasteiger partial charge is 0.405 e. The Morgan fingerprint density at radius 2 is 2.00 bits per heavy atom. The van der Waals surface area contributed by atoms with Gasteiger partial charge in [0.15, 0.2) is 0 Å². The molecular formula is C12H14BrF3N2S. The Labute approximate surface area is 123 Å². The fraction of sp³-hybridized carbons (Fsp3) is 0.417. The van der Waals surface area contributed by atoms with E-state index in [0.717, 1.165) is 0 Å². The predicted octanol–water partition coefficient (Wildman–Crippen LogP) is 3.86. The van der Waals surface area contributed by atoms with E-state index in [0.29, 0.717) is 15.7 Å². The summed E-state index contributed by atoms with van der Waals surface area (Å²) in [6.45, 7) is 2.41. The average molecular weight is 355 g/mol. The summed E-state index contributed by atoms with van der Waals surface area (Å²) in [7, 11) is 0. The highest BCUT2D eigenvalue weighted by atomic mass is 79.9. The maximum atomic E-state index is 12.6. The van der Waals surface area contributed by atoms with E-state index < -0.39 is 12.7 Å². The zero-order valence-electron chi connectivity index (χ0n) is 10.5. The van der Waals surface area contributed by atoms with Gasteiger partial charge in [0.2, 0.25) is 0 Å². The normalized spacial score (nSPS) is 11.7. The number of benzene rings is 1. The van der Waals surface area contributed by atoms with Crippen molar-refractivity contribution in [1.29, 1.82) is 0 Å². The Balaban J connectivity index is 3.14. The molecular weight excluding hydrogens is 341 g/mol. The van der Waals surface area contributed by atoms with Crippen LogP contribution in [-0.4, -0.2) is 23.8 Å². The van der Waals surface area contributed by atoms with Gasteiger partial charge in [-0.05, 0) is 48.0 Å². The fourth-order valence-electron chi connectivity index (χ4n) is 1.63. The lowest BCUT2D eigenvalue weighted by Crippen LogP contribution is -2.39. The molecule has 106 valence electrons. The number of hydrogen-bond donors (Lipinski definition) is 1. The summed E-state index contributed by atoms with van der Waals surface area (Å²) in [5.41, 5.74) is 6.56. The molecule has 0 aliphatic heterocycles. The van der Waals surface area contributed by atoms with Gasteiger partial charge in [0.05, 0.1) is 5.69 Å². The highest BCUT2D eigenvalue weighted by Gasteiger charge is 2.32. The second kappa shape index (κ2) is 6.09. The van der Waals surface area contributed by atoms with Crippen LogP contribution in [0.15, 0.2) is 22.7 Å². The quantitative estimate of drug-likeness (QED) is 0.832. The Bertz CT molecular complexity index is 475. The van der Waals surface area contributed by atoms with Crippen molar-refractivity contribution in [2.45, 2.75) is 26.1 Å². The van der Waals surface area contributed by atoms with E-state index in [2.05, 4.69) is 15.9 Å². The molecule has 0 radical (unpaired) electrons. The maximum Gasteiger partial charge on any atom is 0.405 e. The van der Waals surface area contributed by atoms with E-state index in [9.17, 15) is 13.2 Å². The summed E-state index contributed by atoms with van der Waals surface area (Å²) in [4.78, 5) is 1.48. The van der Waals surface area contributed by atoms with Gasteiger partial charge in [0.1, 0.15) is 11.5 Å². The zero-order chi connectivity index (χ0) is 14.8. The molecule has 0 bridgehead atoms. The SMILES string of the molecule is CC(C)N(CC(F)(F)F)c1ccc(C(N)=S)cc1Br. The molecule has 1 aromatic rings. The Morgan fingerprint density at radius 3 is 2.37 bits per heavy atom. The van der Waals surface area contributed by atoms with Crippen LogP contribution >= 0.6 is 28.1 Å². The molecule has 2 N–H and O–H groups in total. The lowest BCUT2D eigenvalue weighted by atomic mass is 10.1. The smallest absolute Gasteiger partial charge is 0.389 e. The summed E-state index contributed by atoms with van der Waals surface area (Å²) in [6, 6.07) is 4.55. The number of halogens is 4. The van der Waals surface area contributed by atoms with Gasteiger partial charge in [0, 0.05) is 16.1 Å². The lowest BCUT2D eigenvalue weighted by Gasteiger charge is -2.30. The molecule has 0 aliphatic carbocycles. The van der Waals surface area contributed by atoms with E-state index in [4.69, 9.17) is 18.0 Å². The third kappa shape index (κ3) is 4.65. The van der Waals surface area contributed by atoms with Gasteiger partial charge in [-0.15, -0.1) is 0 Å². The van der Waals surface area contributed by atoms with Gasteiger partial charge >= 0.3 is 6.18 Å². The van der Waals surface area contributed by atoms with Crippen molar-refractivity contribution in [3.8, 4) is 0 Å². The van der Waals surface area contributed by atoms with E-state index >= 15 is 0 Å². The van der Waals surface area contributed by atoms with Crippen LogP contribution in [0.2, 0.25) is 0 Å². The van der Waals surface area contributed by atoms with Crippen LogP contribution < -0.4 is 10.6 Å². The second-order valence-corrected chi connectivity index (χ2v) is 5.66. The first-order valence-corrected chi connectivity index (χ1v) is 6.74. The van der Waals surface area contributed by atoms with Gasteiger partial charge in [-0.2, -0.15) is 13.2 Å². The van der Waals surface area contributed by atoms with Gasteiger partial charge in [0.25, 0.3) is 0 Å². The number of anilines is 1. The number of thiocarbonyl (C=S) groups is 1. The first-order chi connectivity index (χ1) is 8.61. The van der Waals surface area contributed by atoms with Crippen LogP contribution in [0, 0.1) is 0 Å². The minimum absolute atomic E-state index is 0.208. The van der Waals surface area contributed by atoms with Crippen LogP contribution in [0.3, 0.4) is 0 Å². The molecule has 19 heavy (non-hydrogen) atoms. The minimum atomic E-state index is -4.26. The van der Waals surface area contributed by atoms with E-state index in [1.807, 2.05) is 0 Å². The molecule has 0 amide bonds. The van der Waals surface area contributed by atoms with Crippen molar-refractivity contribution in [1.82, 2.24) is 0 Å². The zero-order valence-corrected chi connectivity index (χ0v) is 12.9. The summed E-state index contributed by atoms with van der Waals surface area (Å²) < 4.78 is 38.3. The van der Waals surface area contributed by atoms with Gasteiger partial charge < -0.3 is 10.6 Å². The van der Waals surface area contributed by atoms with Crippen LogP contribution in [0.1, 0.15) is 19.4 Å². The third-order valence-electron chi connectivity index (χ3n) is 2.51. The Hall–Kier alpha value is -0.820. The van der Waals surface area contributed by atoms with Crippen LogP contribution in [0.25, 0.3) is 0 Å². The van der Waals surface area contributed by atoms with Gasteiger partial charge in [-0.3, -0.25) is 0 Å². The minimum Gasteiger partial charge on any atom is -0.389 e. The number of nitrogens with zero attached hydrogens (tertiary/aromatic N) is 1. The van der Waals surface area contributed by atoms with Crippen molar-refractivity contribution in [2.75, 3.05) is 11.4 Å². The fourth-order valence-corrected chi connectivity index (χ4v) is 2.37. The molecule has 1 rings (SSSR count). The molecule has 0 saturated heterocycles. The third-order valence-corrected chi connectivity index (χ3v) is 3.39. The average Bonchev–Trinajstić information content (AvgIpc) is 2.24. The van der Waals surface area contributed by atoms with Crippen LogP contribution in [-0.2, 0) is 0 Å². The number of nitrogens with two attached hydrogens (primary N) is 1. The van der Waals surface area contributed by atoms with Crippen molar-refractivity contribution in [3.05, 3.63) is 28.2 Å². The number of hydrogen-bond acceptors (Lipinski definition) is 2. The molecule has 0 aromatic heterocycles. The molecule has 0 heterocycles. The van der Waals surface area contributed by atoms with Crippen molar-refractivity contribution >= 4 is 38.8 Å². The second-order valence-electron chi connectivity index (χ2n) is 4.37. The number of rotatable bonds is 4. The Morgan fingerprint density at radius 1 is 1.42 bits per heavy atom. The highest BCUT2D eigenvalue weighted by molar-refractivity contribution is 9.10. The van der Waals surface area contributed by atoms with Crippen LogP contribution in [0.5, 0.6) is 0 Å². The molecule has 0 fully saturated rings. The maximum absolute atomic E-state index is 12.6. The monoisotopic (exact) mass is 354 g/mol. The van der Waals surface area contributed by atoms with E-state index in [1.54, 1.807) is 32.0 Å². The standard InChI is InChI=1S/C12H14BrF3N2S/c1-7(2)18(6-12(14,15)16)10-4-3-8(11(17)19)5-9(10)13/h3-5,7H,6H2,1-2H3,(H2,17,19). The molecule has 0 aliphatic rings. The predicted molar refractivity (Wildman–Crippen MR) is 78.6 cm³/mol. The molecule has 0 spiro atoms.